The van der Waals surface area contributed by atoms with Gasteiger partial charge in [-0.3, -0.25) is 4.79 Å². The SMILES string of the molecule is CC(C)N(C)CCCNCC(C(=O)O)c1ccccc1. The lowest BCUT2D eigenvalue weighted by molar-refractivity contribution is -0.138. The van der Waals surface area contributed by atoms with Gasteiger partial charge in [0.05, 0.1) is 5.92 Å². The molecule has 2 N–H and O–H groups in total. The van der Waals surface area contributed by atoms with Gasteiger partial charge in [0, 0.05) is 12.6 Å². The van der Waals surface area contributed by atoms with Crippen LogP contribution >= 0.6 is 0 Å². The van der Waals surface area contributed by atoms with Crippen molar-refractivity contribution in [3.8, 4) is 0 Å². The third kappa shape index (κ3) is 5.72. The molecule has 0 fully saturated rings. The third-order valence-electron chi connectivity index (χ3n) is 3.59. The van der Waals surface area contributed by atoms with Crippen molar-refractivity contribution in [1.29, 1.82) is 0 Å². The van der Waals surface area contributed by atoms with Crippen molar-refractivity contribution in [3.63, 3.8) is 0 Å². The molecule has 0 amide bonds. The molecule has 1 atom stereocenters. The second kappa shape index (κ2) is 8.72. The first-order chi connectivity index (χ1) is 9.52. The van der Waals surface area contributed by atoms with Crippen LogP contribution in [0.5, 0.6) is 0 Å². The van der Waals surface area contributed by atoms with Crippen molar-refractivity contribution in [2.24, 2.45) is 0 Å². The Morgan fingerprint density at radius 2 is 1.95 bits per heavy atom. The maximum Gasteiger partial charge on any atom is 0.312 e. The highest BCUT2D eigenvalue weighted by Gasteiger charge is 2.18. The smallest absolute Gasteiger partial charge is 0.312 e. The molecule has 0 aliphatic rings. The van der Waals surface area contributed by atoms with Crippen LogP contribution in [-0.2, 0) is 4.79 Å². The Bertz CT molecular complexity index is 393. The molecular weight excluding hydrogens is 252 g/mol. The molecular formula is C16H26N2O2. The quantitative estimate of drug-likeness (QED) is 0.680. The van der Waals surface area contributed by atoms with E-state index in [0.717, 1.165) is 25.1 Å². The number of nitrogens with one attached hydrogen (secondary N) is 1. The molecule has 1 aromatic carbocycles. The fourth-order valence-corrected chi connectivity index (χ4v) is 1.99. The van der Waals surface area contributed by atoms with Crippen molar-refractivity contribution in [3.05, 3.63) is 35.9 Å². The van der Waals surface area contributed by atoms with Gasteiger partial charge in [0.25, 0.3) is 0 Å². The summed E-state index contributed by atoms with van der Waals surface area (Å²) in [6, 6.07) is 9.94. The average Bonchev–Trinajstić information content (AvgIpc) is 2.42. The summed E-state index contributed by atoms with van der Waals surface area (Å²) in [7, 11) is 2.11. The van der Waals surface area contributed by atoms with Crippen LogP contribution in [0, 0.1) is 0 Å². The molecule has 0 heterocycles. The largest absolute Gasteiger partial charge is 0.481 e. The first-order valence-electron chi connectivity index (χ1n) is 7.21. The van der Waals surface area contributed by atoms with Crippen LogP contribution < -0.4 is 5.32 Å². The van der Waals surface area contributed by atoms with Crippen LogP contribution in [0.1, 0.15) is 31.7 Å². The Balaban J connectivity index is 2.33. The van der Waals surface area contributed by atoms with Crippen LogP contribution in [0.15, 0.2) is 30.3 Å². The molecule has 1 unspecified atom stereocenters. The molecule has 0 spiro atoms. The van der Waals surface area contributed by atoms with Gasteiger partial charge in [-0.1, -0.05) is 30.3 Å². The maximum atomic E-state index is 11.3. The summed E-state index contributed by atoms with van der Waals surface area (Å²) >= 11 is 0. The molecule has 4 nitrogen and oxygen atoms in total. The van der Waals surface area contributed by atoms with Gasteiger partial charge in [-0.05, 0) is 46.0 Å². The molecule has 1 aromatic rings. The van der Waals surface area contributed by atoms with Crippen LogP contribution in [0.25, 0.3) is 0 Å². The molecule has 0 saturated carbocycles. The summed E-state index contributed by atoms with van der Waals surface area (Å²) in [5, 5.41) is 12.5. The Morgan fingerprint density at radius 1 is 1.30 bits per heavy atom. The van der Waals surface area contributed by atoms with E-state index in [1.54, 1.807) is 0 Å². The zero-order chi connectivity index (χ0) is 15.0. The number of carboxylic acid groups (broad SMARTS) is 1. The Kier molecular flexibility index (Phi) is 7.26. The normalized spacial score (nSPS) is 12.8. The zero-order valence-corrected chi connectivity index (χ0v) is 12.7. The van der Waals surface area contributed by atoms with Gasteiger partial charge < -0.3 is 15.3 Å². The predicted molar refractivity (Wildman–Crippen MR) is 82.1 cm³/mol. The number of benzene rings is 1. The van der Waals surface area contributed by atoms with Gasteiger partial charge in [-0.2, -0.15) is 0 Å². The summed E-state index contributed by atoms with van der Waals surface area (Å²) in [4.78, 5) is 13.6. The highest BCUT2D eigenvalue weighted by Crippen LogP contribution is 2.14. The maximum absolute atomic E-state index is 11.3. The fourth-order valence-electron chi connectivity index (χ4n) is 1.99. The Morgan fingerprint density at radius 3 is 2.50 bits per heavy atom. The number of carboxylic acids is 1. The minimum Gasteiger partial charge on any atom is -0.481 e. The van der Waals surface area contributed by atoms with Crippen molar-refractivity contribution in [2.75, 3.05) is 26.7 Å². The van der Waals surface area contributed by atoms with Gasteiger partial charge in [0.1, 0.15) is 0 Å². The number of hydrogen-bond acceptors (Lipinski definition) is 3. The van der Waals surface area contributed by atoms with Crippen LogP contribution in [0.4, 0.5) is 0 Å². The van der Waals surface area contributed by atoms with E-state index < -0.39 is 11.9 Å². The number of hydrogen-bond donors (Lipinski definition) is 2. The molecule has 20 heavy (non-hydrogen) atoms. The number of carbonyl (C=O) groups is 1. The van der Waals surface area contributed by atoms with E-state index in [1.165, 1.54) is 0 Å². The monoisotopic (exact) mass is 278 g/mol. The van der Waals surface area contributed by atoms with Crippen molar-refractivity contribution < 1.29 is 9.90 Å². The summed E-state index contributed by atoms with van der Waals surface area (Å²) in [5.41, 5.74) is 0.854. The van der Waals surface area contributed by atoms with Crippen LogP contribution in [-0.4, -0.2) is 48.7 Å². The van der Waals surface area contributed by atoms with Gasteiger partial charge in [-0.15, -0.1) is 0 Å². The van der Waals surface area contributed by atoms with Crippen molar-refractivity contribution >= 4 is 5.97 Å². The fraction of sp³-hybridized carbons (Fsp3) is 0.562. The van der Waals surface area contributed by atoms with Crippen LogP contribution in [0.2, 0.25) is 0 Å². The Hall–Kier alpha value is -1.39. The third-order valence-corrected chi connectivity index (χ3v) is 3.59. The van der Waals surface area contributed by atoms with E-state index in [9.17, 15) is 9.90 Å². The standard InChI is InChI=1S/C16H26N2O2/c1-13(2)18(3)11-7-10-17-12-15(16(19)20)14-8-5-4-6-9-14/h4-6,8-9,13,15,17H,7,10-12H2,1-3H3,(H,19,20). The molecule has 112 valence electrons. The van der Waals surface area contributed by atoms with Gasteiger partial charge in [-0.25, -0.2) is 0 Å². The van der Waals surface area contributed by atoms with E-state index >= 15 is 0 Å². The lowest BCUT2D eigenvalue weighted by Crippen LogP contribution is -2.31. The van der Waals surface area contributed by atoms with E-state index in [4.69, 9.17) is 0 Å². The summed E-state index contributed by atoms with van der Waals surface area (Å²) in [6.45, 7) is 6.68. The molecule has 0 aromatic heterocycles. The van der Waals surface area contributed by atoms with Crippen LogP contribution in [0.3, 0.4) is 0 Å². The molecule has 0 aliphatic heterocycles. The molecule has 4 heteroatoms. The van der Waals surface area contributed by atoms with E-state index in [0.29, 0.717) is 12.6 Å². The number of rotatable bonds is 9. The Labute approximate surface area is 121 Å². The van der Waals surface area contributed by atoms with Crippen molar-refractivity contribution in [2.45, 2.75) is 32.2 Å². The van der Waals surface area contributed by atoms with E-state index in [-0.39, 0.29) is 0 Å². The predicted octanol–water partition coefficient (Wildman–Crippen LogP) is 2.17. The molecule has 0 radical (unpaired) electrons. The van der Waals surface area contributed by atoms with Gasteiger partial charge in [0.15, 0.2) is 0 Å². The first kappa shape index (κ1) is 16.7. The van der Waals surface area contributed by atoms with E-state index in [2.05, 4.69) is 31.1 Å². The molecule has 1 rings (SSSR count). The average molecular weight is 278 g/mol. The minimum absolute atomic E-state index is 0.473. The van der Waals surface area contributed by atoms with Gasteiger partial charge >= 0.3 is 5.97 Å². The molecule has 0 bridgehead atoms. The number of aliphatic carboxylic acids is 1. The zero-order valence-electron chi connectivity index (χ0n) is 12.7. The van der Waals surface area contributed by atoms with Gasteiger partial charge in [0.2, 0.25) is 0 Å². The minimum atomic E-state index is -0.775. The second-order valence-electron chi connectivity index (χ2n) is 5.43. The molecule has 0 aliphatic carbocycles. The second-order valence-corrected chi connectivity index (χ2v) is 5.43. The lowest BCUT2D eigenvalue weighted by atomic mass is 9.99. The summed E-state index contributed by atoms with van der Waals surface area (Å²) < 4.78 is 0. The lowest BCUT2D eigenvalue weighted by Gasteiger charge is -2.21. The highest BCUT2D eigenvalue weighted by molar-refractivity contribution is 5.76. The summed E-state index contributed by atoms with van der Waals surface area (Å²) in [6.07, 6.45) is 1.02. The first-order valence-corrected chi connectivity index (χ1v) is 7.21. The topological polar surface area (TPSA) is 52.6 Å². The molecule has 0 saturated heterocycles. The van der Waals surface area contributed by atoms with Crippen molar-refractivity contribution in [1.82, 2.24) is 10.2 Å². The number of nitrogens with zero attached hydrogens (tertiary/aromatic N) is 1. The van der Waals surface area contributed by atoms with E-state index in [1.807, 2.05) is 30.3 Å². The highest BCUT2D eigenvalue weighted by atomic mass is 16.4. The summed E-state index contributed by atoms with van der Waals surface area (Å²) in [5.74, 6) is -1.25.